The van der Waals surface area contributed by atoms with Gasteiger partial charge in [0.2, 0.25) is 0 Å². The van der Waals surface area contributed by atoms with E-state index in [1.165, 1.54) is 0 Å². The number of hydrogen-bond donors (Lipinski definition) is 3. The molecule has 0 aromatic heterocycles. The molecule has 1 heterocycles. The maximum Gasteiger partial charge on any atom is 0.0781 e. The first-order valence-corrected chi connectivity index (χ1v) is 2.73. The molecule has 0 aromatic rings. The predicted molar refractivity (Wildman–Crippen MR) is 33.1 cm³/mol. The van der Waals surface area contributed by atoms with Gasteiger partial charge in [-0.15, -0.1) is 6.58 Å². The molecule has 0 aromatic carbocycles. The van der Waals surface area contributed by atoms with E-state index < -0.39 is 0 Å². The van der Waals surface area contributed by atoms with Crippen molar-refractivity contribution in [3.63, 3.8) is 0 Å². The number of rotatable bonds is 1. The molecule has 0 radical (unpaired) electrons. The Hall–Kier alpha value is -0.380. The summed E-state index contributed by atoms with van der Waals surface area (Å²) in [4.78, 5) is 0. The summed E-state index contributed by atoms with van der Waals surface area (Å²) >= 11 is 0. The molecule has 0 saturated carbocycles. The van der Waals surface area contributed by atoms with E-state index in [9.17, 15) is 0 Å². The average molecular weight is 113 g/mol. The zero-order chi connectivity index (χ0) is 5.82. The van der Waals surface area contributed by atoms with Crippen LogP contribution in [0.5, 0.6) is 0 Å². The van der Waals surface area contributed by atoms with Crippen molar-refractivity contribution in [3.8, 4) is 0 Å². The van der Waals surface area contributed by atoms with Crippen LogP contribution in [-0.4, -0.2) is 19.5 Å². The van der Waals surface area contributed by atoms with Gasteiger partial charge in [0.05, 0.1) is 6.17 Å². The second-order valence-electron chi connectivity index (χ2n) is 1.73. The van der Waals surface area contributed by atoms with Gasteiger partial charge in [-0.2, -0.15) is 0 Å². The zero-order valence-electron chi connectivity index (χ0n) is 4.78. The van der Waals surface area contributed by atoms with Gasteiger partial charge in [0.15, 0.2) is 0 Å². The van der Waals surface area contributed by atoms with Gasteiger partial charge in [0, 0.05) is 13.3 Å². The van der Waals surface area contributed by atoms with E-state index in [1.807, 2.05) is 6.08 Å². The first-order chi connectivity index (χ1) is 3.93. The third kappa shape index (κ3) is 1.30. The molecule has 0 bridgehead atoms. The Morgan fingerprint density at radius 1 is 1.38 bits per heavy atom. The van der Waals surface area contributed by atoms with E-state index >= 15 is 0 Å². The van der Waals surface area contributed by atoms with Crippen LogP contribution in [0.3, 0.4) is 0 Å². The lowest BCUT2D eigenvalue weighted by molar-refractivity contribution is 0.383. The predicted octanol–water partition coefficient (Wildman–Crippen LogP) is -0.804. The van der Waals surface area contributed by atoms with E-state index in [-0.39, 0.29) is 6.17 Å². The van der Waals surface area contributed by atoms with Gasteiger partial charge in [0.1, 0.15) is 0 Å². The Bertz CT molecular complexity index is 75.7. The normalized spacial score (nSPS) is 23.0. The van der Waals surface area contributed by atoms with Crippen LogP contribution >= 0.6 is 0 Å². The van der Waals surface area contributed by atoms with Crippen LogP contribution in [0.1, 0.15) is 0 Å². The standard InChI is InChI=1S/C5H11N3/c1-2-5-7-3-6-4-8-5/h2,5-8H,1,3-4H2. The number of hydrogen-bond acceptors (Lipinski definition) is 3. The monoisotopic (exact) mass is 113 g/mol. The van der Waals surface area contributed by atoms with Gasteiger partial charge in [0.25, 0.3) is 0 Å². The quantitative estimate of drug-likeness (QED) is 0.389. The van der Waals surface area contributed by atoms with E-state index in [2.05, 4.69) is 22.5 Å². The SMILES string of the molecule is C=CC1NCNCN1. The van der Waals surface area contributed by atoms with Crippen molar-refractivity contribution in [3.05, 3.63) is 12.7 Å². The molecule has 1 rings (SSSR count). The van der Waals surface area contributed by atoms with Crippen LogP contribution in [0.4, 0.5) is 0 Å². The van der Waals surface area contributed by atoms with Gasteiger partial charge >= 0.3 is 0 Å². The Morgan fingerprint density at radius 2 is 2.00 bits per heavy atom. The van der Waals surface area contributed by atoms with Gasteiger partial charge in [-0.05, 0) is 0 Å². The molecular weight excluding hydrogens is 102 g/mol. The summed E-state index contributed by atoms with van der Waals surface area (Å²) in [6.45, 7) is 5.36. The average Bonchev–Trinajstić information content (AvgIpc) is 1.90. The summed E-state index contributed by atoms with van der Waals surface area (Å²) < 4.78 is 0. The van der Waals surface area contributed by atoms with Gasteiger partial charge in [-0.1, -0.05) is 6.08 Å². The van der Waals surface area contributed by atoms with Gasteiger partial charge in [-0.3, -0.25) is 16.0 Å². The Labute approximate surface area is 49.2 Å². The van der Waals surface area contributed by atoms with Gasteiger partial charge < -0.3 is 0 Å². The van der Waals surface area contributed by atoms with Crippen molar-refractivity contribution in [2.45, 2.75) is 6.17 Å². The third-order valence-corrected chi connectivity index (χ3v) is 1.13. The Balaban J connectivity index is 2.22. The molecule has 1 fully saturated rings. The highest BCUT2D eigenvalue weighted by atomic mass is 15.3. The third-order valence-electron chi connectivity index (χ3n) is 1.13. The molecule has 3 nitrogen and oxygen atoms in total. The first-order valence-electron chi connectivity index (χ1n) is 2.73. The zero-order valence-corrected chi connectivity index (χ0v) is 4.78. The molecule has 1 aliphatic heterocycles. The summed E-state index contributed by atoms with van der Waals surface area (Å²) in [5, 5.41) is 9.34. The van der Waals surface area contributed by atoms with E-state index in [1.54, 1.807) is 0 Å². The Morgan fingerprint density at radius 3 is 2.38 bits per heavy atom. The molecule has 0 atom stereocenters. The molecule has 0 aliphatic carbocycles. The molecule has 0 spiro atoms. The van der Waals surface area contributed by atoms with Crippen LogP contribution in [0.25, 0.3) is 0 Å². The topological polar surface area (TPSA) is 36.1 Å². The molecular formula is C5H11N3. The second kappa shape index (κ2) is 2.81. The summed E-state index contributed by atoms with van der Waals surface area (Å²) in [6.07, 6.45) is 2.14. The molecule has 0 unspecified atom stereocenters. The lowest BCUT2D eigenvalue weighted by atomic mass is 10.4. The fourth-order valence-electron chi connectivity index (χ4n) is 0.666. The van der Waals surface area contributed by atoms with Crippen molar-refractivity contribution in [2.75, 3.05) is 13.3 Å². The highest BCUT2D eigenvalue weighted by Gasteiger charge is 2.03. The molecule has 8 heavy (non-hydrogen) atoms. The minimum atomic E-state index is 0.288. The molecule has 1 saturated heterocycles. The van der Waals surface area contributed by atoms with E-state index in [4.69, 9.17) is 0 Å². The van der Waals surface area contributed by atoms with Crippen molar-refractivity contribution >= 4 is 0 Å². The molecule has 1 aliphatic rings. The van der Waals surface area contributed by atoms with Crippen LogP contribution in [-0.2, 0) is 0 Å². The lowest BCUT2D eigenvalue weighted by Gasteiger charge is -2.22. The summed E-state index contributed by atoms with van der Waals surface area (Å²) in [5.74, 6) is 0. The van der Waals surface area contributed by atoms with Crippen LogP contribution in [0.15, 0.2) is 12.7 Å². The molecule has 46 valence electrons. The highest BCUT2D eigenvalue weighted by molar-refractivity contribution is 4.84. The largest absolute Gasteiger partial charge is 0.292 e. The maximum atomic E-state index is 3.63. The minimum Gasteiger partial charge on any atom is -0.292 e. The van der Waals surface area contributed by atoms with Crippen molar-refractivity contribution < 1.29 is 0 Å². The van der Waals surface area contributed by atoms with Crippen molar-refractivity contribution in [2.24, 2.45) is 0 Å². The van der Waals surface area contributed by atoms with Crippen molar-refractivity contribution in [1.82, 2.24) is 16.0 Å². The molecule has 3 heteroatoms. The minimum absolute atomic E-state index is 0.288. The fourth-order valence-corrected chi connectivity index (χ4v) is 0.666. The van der Waals surface area contributed by atoms with Crippen LogP contribution in [0, 0.1) is 0 Å². The van der Waals surface area contributed by atoms with Gasteiger partial charge in [-0.25, -0.2) is 0 Å². The first kappa shape index (κ1) is 5.75. The van der Waals surface area contributed by atoms with E-state index in [0.717, 1.165) is 13.3 Å². The summed E-state index contributed by atoms with van der Waals surface area (Å²) in [5.41, 5.74) is 0. The fraction of sp³-hybridized carbons (Fsp3) is 0.600. The smallest absolute Gasteiger partial charge is 0.0781 e. The molecule has 0 amide bonds. The summed E-state index contributed by atoms with van der Waals surface area (Å²) in [7, 11) is 0. The van der Waals surface area contributed by atoms with Crippen molar-refractivity contribution in [1.29, 1.82) is 0 Å². The van der Waals surface area contributed by atoms with E-state index in [0.29, 0.717) is 0 Å². The molecule has 3 N–H and O–H groups in total. The van der Waals surface area contributed by atoms with Crippen LogP contribution < -0.4 is 16.0 Å². The Kier molecular flexibility index (Phi) is 2.02. The second-order valence-corrected chi connectivity index (χ2v) is 1.73. The lowest BCUT2D eigenvalue weighted by Crippen LogP contribution is -2.54. The summed E-state index contributed by atoms with van der Waals surface area (Å²) in [6, 6.07) is 0. The van der Waals surface area contributed by atoms with Crippen LogP contribution in [0.2, 0.25) is 0 Å². The number of nitrogens with one attached hydrogen (secondary N) is 3. The maximum absolute atomic E-state index is 3.63. The highest BCUT2D eigenvalue weighted by Crippen LogP contribution is 1.78.